The number of H-pyrrole nitrogens is 1. The van der Waals surface area contributed by atoms with Gasteiger partial charge in [0.15, 0.2) is 0 Å². The summed E-state index contributed by atoms with van der Waals surface area (Å²) in [4.78, 5) is 17.5. The molecule has 0 aliphatic carbocycles. The van der Waals surface area contributed by atoms with E-state index in [1.807, 2.05) is 0 Å². The molecular formula is C24H26ClF3N2O5S. The minimum absolute atomic E-state index is 0.0246. The molecule has 0 fully saturated rings. The molecule has 0 amide bonds. The zero-order valence-corrected chi connectivity index (χ0v) is 20.9. The maximum Gasteiger partial charge on any atom is 0.416 e. The lowest BCUT2D eigenvalue weighted by atomic mass is 9.98. The van der Waals surface area contributed by atoms with Crippen molar-refractivity contribution in [3.05, 3.63) is 57.3 Å². The minimum Gasteiger partial charge on any atom is -0.496 e. The molecule has 36 heavy (non-hydrogen) atoms. The Labute approximate surface area is 214 Å². The second-order valence-electron chi connectivity index (χ2n) is 7.97. The lowest BCUT2D eigenvalue weighted by Gasteiger charge is -2.23. The Morgan fingerprint density at radius 2 is 1.83 bits per heavy atom. The van der Waals surface area contributed by atoms with Gasteiger partial charge in [0.05, 0.1) is 36.9 Å². The lowest BCUT2D eigenvalue weighted by molar-refractivity contribution is -0.137. The maximum absolute atomic E-state index is 13.5. The number of halogens is 4. The standard InChI is InChI=1S/C24H26ClF3N2O5S/c1-35-20-5-3-15(25)11-18(20)21-17-10-14(24(26,27)28)2-4-19(17)29-23(34)22(21)36-13-16(33)12-30(6-8-31)7-9-32/h2-5,10-11,16,31-33H,6-9,12-13H2,1H3,(H,29,34). The Morgan fingerprint density at radius 3 is 2.44 bits per heavy atom. The number of benzene rings is 2. The quantitative estimate of drug-likeness (QED) is 0.272. The first-order chi connectivity index (χ1) is 17.1. The predicted octanol–water partition coefficient (Wildman–Crippen LogP) is 3.62. The van der Waals surface area contributed by atoms with Crippen LogP contribution in [0.2, 0.25) is 5.02 Å². The van der Waals surface area contributed by atoms with Crippen molar-refractivity contribution in [2.45, 2.75) is 17.2 Å². The van der Waals surface area contributed by atoms with Gasteiger partial charge in [-0.25, -0.2) is 0 Å². The second kappa shape index (κ2) is 12.3. The Balaban J connectivity index is 2.14. The number of aromatic nitrogens is 1. The van der Waals surface area contributed by atoms with Gasteiger partial charge >= 0.3 is 6.18 Å². The van der Waals surface area contributed by atoms with Crippen LogP contribution in [0.1, 0.15) is 5.56 Å². The molecule has 4 N–H and O–H groups in total. The third kappa shape index (κ3) is 6.72. The van der Waals surface area contributed by atoms with Crippen molar-refractivity contribution in [3.8, 4) is 16.9 Å². The fourth-order valence-electron chi connectivity index (χ4n) is 3.84. The topological polar surface area (TPSA) is 106 Å². The summed E-state index contributed by atoms with van der Waals surface area (Å²) in [6, 6.07) is 7.69. The van der Waals surface area contributed by atoms with E-state index in [-0.39, 0.29) is 60.0 Å². The first kappa shape index (κ1) is 28.3. The molecule has 0 aliphatic heterocycles. The van der Waals surface area contributed by atoms with Crippen LogP contribution in [0, 0.1) is 0 Å². The zero-order valence-electron chi connectivity index (χ0n) is 19.3. The third-order valence-electron chi connectivity index (χ3n) is 5.45. The van der Waals surface area contributed by atoms with Gasteiger partial charge in [-0.05, 0) is 36.4 Å². The number of hydrogen-bond donors (Lipinski definition) is 4. The molecule has 0 saturated heterocycles. The molecule has 1 atom stereocenters. The molecule has 1 heterocycles. The van der Waals surface area contributed by atoms with E-state index in [1.165, 1.54) is 19.2 Å². The summed E-state index contributed by atoms with van der Waals surface area (Å²) in [5, 5.41) is 29.4. The molecule has 0 radical (unpaired) electrons. The van der Waals surface area contributed by atoms with E-state index in [2.05, 4.69) is 4.98 Å². The predicted molar refractivity (Wildman–Crippen MR) is 134 cm³/mol. The van der Waals surface area contributed by atoms with Crippen LogP contribution in [0.5, 0.6) is 5.75 Å². The monoisotopic (exact) mass is 546 g/mol. The first-order valence-electron chi connectivity index (χ1n) is 10.9. The molecule has 3 rings (SSSR count). The molecule has 1 aromatic heterocycles. The summed E-state index contributed by atoms with van der Waals surface area (Å²) in [7, 11) is 1.40. The number of hydrogen-bond acceptors (Lipinski definition) is 7. The summed E-state index contributed by atoms with van der Waals surface area (Å²) < 4.78 is 46.1. The maximum atomic E-state index is 13.5. The van der Waals surface area contributed by atoms with Crippen LogP contribution >= 0.6 is 23.4 Å². The molecule has 3 aromatic rings. The van der Waals surface area contributed by atoms with Crippen molar-refractivity contribution in [2.24, 2.45) is 0 Å². The fourth-order valence-corrected chi connectivity index (χ4v) is 5.02. The zero-order chi connectivity index (χ0) is 26.5. The summed E-state index contributed by atoms with van der Waals surface area (Å²) >= 11 is 7.18. The Kier molecular flexibility index (Phi) is 9.67. The average Bonchev–Trinajstić information content (AvgIpc) is 2.81. The molecular weight excluding hydrogens is 521 g/mol. The smallest absolute Gasteiger partial charge is 0.416 e. The summed E-state index contributed by atoms with van der Waals surface area (Å²) in [5.74, 6) is 0.333. The van der Waals surface area contributed by atoms with E-state index in [0.29, 0.717) is 16.3 Å². The van der Waals surface area contributed by atoms with Gasteiger partial charge in [0.2, 0.25) is 0 Å². The van der Waals surface area contributed by atoms with Crippen LogP contribution in [0.25, 0.3) is 22.0 Å². The Bertz CT molecular complexity index is 1250. The van der Waals surface area contributed by atoms with Crippen LogP contribution in [-0.4, -0.2) is 77.0 Å². The highest BCUT2D eigenvalue weighted by molar-refractivity contribution is 7.99. The van der Waals surface area contributed by atoms with Crippen LogP contribution in [0.4, 0.5) is 13.2 Å². The second-order valence-corrected chi connectivity index (χ2v) is 9.44. The number of rotatable bonds is 11. The van der Waals surface area contributed by atoms with E-state index in [9.17, 15) is 33.3 Å². The fraction of sp³-hybridized carbons (Fsp3) is 0.375. The average molecular weight is 547 g/mol. The van der Waals surface area contributed by atoms with E-state index in [0.717, 1.165) is 23.9 Å². The number of aliphatic hydroxyl groups excluding tert-OH is 3. The minimum atomic E-state index is -4.60. The molecule has 196 valence electrons. The number of aromatic amines is 1. The normalized spacial score (nSPS) is 12.9. The van der Waals surface area contributed by atoms with Crippen LogP contribution < -0.4 is 10.3 Å². The van der Waals surface area contributed by atoms with Gasteiger partial charge in [-0.1, -0.05) is 11.6 Å². The molecule has 7 nitrogen and oxygen atoms in total. The van der Waals surface area contributed by atoms with Crippen LogP contribution in [0.3, 0.4) is 0 Å². The van der Waals surface area contributed by atoms with Gasteiger partial charge in [0.25, 0.3) is 5.56 Å². The Hall–Kier alpha value is -2.28. The number of ether oxygens (including phenoxy) is 1. The van der Waals surface area contributed by atoms with E-state index < -0.39 is 23.4 Å². The molecule has 0 saturated carbocycles. The van der Waals surface area contributed by atoms with Gasteiger partial charge in [-0.3, -0.25) is 9.69 Å². The van der Waals surface area contributed by atoms with Gasteiger partial charge < -0.3 is 25.0 Å². The van der Waals surface area contributed by atoms with Gasteiger partial charge in [-0.15, -0.1) is 11.8 Å². The highest BCUT2D eigenvalue weighted by Gasteiger charge is 2.31. The SMILES string of the molecule is COc1ccc(Cl)cc1-c1c(SCC(O)CN(CCO)CCO)c(=O)[nH]c2ccc(C(F)(F)F)cc12. The van der Waals surface area contributed by atoms with Crippen molar-refractivity contribution < 1.29 is 33.2 Å². The van der Waals surface area contributed by atoms with Gasteiger partial charge in [0, 0.05) is 52.4 Å². The van der Waals surface area contributed by atoms with E-state index >= 15 is 0 Å². The van der Waals surface area contributed by atoms with Crippen LogP contribution in [-0.2, 0) is 6.18 Å². The number of nitrogens with one attached hydrogen (secondary N) is 1. The molecule has 0 spiro atoms. The van der Waals surface area contributed by atoms with Gasteiger partial charge in [-0.2, -0.15) is 13.2 Å². The largest absolute Gasteiger partial charge is 0.496 e. The highest BCUT2D eigenvalue weighted by Crippen LogP contribution is 2.42. The number of alkyl halides is 3. The molecule has 0 aliphatic rings. The number of methoxy groups -OCH3 is 1. The number of aliphatic hydroxyl groups is 3. The molecule has 0 bridgehead atoms. The van der Waals surface area contributed by atoms with Crippen molar-refractivity contribution in [1.29, 1.82) is 0 Å². The van der Waals surface area contributed by atoms with Crippen molar-refractivity contribution >= 4 is 34.3 Å². The Morgan fingerprint density at radius 1 is 1.14 bits per heavy atom. The summed E-state index contributed by atoms with van der Waals surface area (Å²) in [6.07, 6.45) is -5.56. The lowest BCUT2D eigenvalue weighted by Crippen LogP contribution is -2.37. The van der Waals surface area contributed by atoms with Crippen LogP contribution in [0.15, 0.2) is 46.1 Å². The van der Waals surface area contributed by atoms with Crippen molar-refractivity contribution in [3.63, 3.8) is 0 Å². The van der Waals surface area contributed by atoms with Crippen molar-refractivity contribution in [1.82, 2.24) is 9.88 Å². The van der Waals surface area contributed by atoms with Gasteiger partial charge in [0.1, 0.15) is 5.75 Å². The summed E-state index contributed by atoms with van der Waals surface area (Å²) in [5.41, 5.74) is -0.687. The number of pyridine rings is 1. The molecule has 12 heteroatoms. The third-order valence-corrected chi connectivity index (χ3v) is 6.91. The highest BCUT2D eigenvalue weighted by atomic mass is 35.5. The van der Waals surface area contributed by atoms with E-state index in [1.54, 1.807) is 17.0 Å². The number of nitrogens with zero attached hydrogens (tertiary/aromatic N) is 1. The van der Waals surface area contributed by atoms with Crippen molar-refractivity contribution in [2.75, 3.05) is 45.7 Å². The number of thioether (sulfide) groups is 1. The molecule has 2 aromatic carbocycles. The first-order valence-corrected chi connectivity index (χ1v) is 12.3. The summed E-state index contributed by atoms with van der Waals surface area (Å²) in [6.45, 7) is 0.274. The number of fused-ring (bicyclic) bond motifs is 1. The van der Waals surface area contributed by atoms with E-state index in [4.69, 9.17) is 16.3 Å². The molecule has 1 unspecified atom stereocenters.